The van der Waals surface area contributed by atoms with E-state index in [1.165, 1.54) is 0 Å². The predicted molar refractivity (Wildman–Crippen MR) is 71.8 cm³/mol. The van der Waals surface area contributed by atoms with Gasteiger partial charge in [0.15, 0.2) is 0 Å². The van der Waals surface area contributed by atoms with Crippen LogP contribution < -0.4 is 5.32 Å². The number of hydrogen-bond donors (Lipinski definition) is 4. The van der Waals surface area contributed by atoms with Crippen LogP contribution in [-0.4, -0.2) is 45.2 Å². The first-order chi connectivity index (χ1) is 10.3. The van der Waals surface area contributed by atoms with E-state index in [4.69, 9.17) is 10.2 Å². The fraction of sp³-hybridized carbons (Fsp3) is 0.571. The van der Waals surface area contributed by atoms with E-state index >= 15 is 0 Å². The molecule has 0 saturated heterocycles. The fourth-order valence-electron chi connectivity index (χ4n) is 3.31. The van der Waals surface area contributed by atoms with Gasteiger partial charge in [0.05, 0.1) is 11.8 Å². The van der Waals surface area contributed by atoms with Crippen LogP contribution in [0.25, 0.3) is 0 Å². The summed E-state index contributed by atoms with van der Waals surface area (Å²) in [7, 11) is 0. The second-order valence-corrected chi connectivity index (χ2v) is 5.67. The van der Waals surface area contributed by atoms with Gasteiger partial charge >= 0.3 is 17.9 Å². The number of fused-ring (bicyclic) bond motifs is 2. The smallest absolute Gasteiger partial charge is 0.326 e. The molecule has 8 heteroatoms. The van der Waals surface area contributed by atoms with E-state index in [2.05, 4.69) is 5.32 Å². The topological polar surface area (TPSA) is 141 Å². The minimum absolute atomic E-state index is 0.208. The summed E-state index contributed by atoms with van der Waals surface area (Å²) in [6, 6.07) is -1.33. The van der Waals surface area contributed by atoms with Crippen molar-refractivity contribution in [3.8, 4) is 0 Å². The molecule has 2 bridgehead atoms. The van der Waals surface area contributed by atoms with Gasteiger partial charge in [0, 0.05) is 6.42 Å². The Labute approximate surface area is 125 Å². The van der Waals surface area contributed by atoms with Crippen LogP contribution in [0.1, 0.15) is 19.3 Å². The Hall–Kier alpha value is -2.38. The van der Waals surface area contributed by atoms with E-state index in [1.807, 2.05) is 0 Å². The maximum Gasteiger partial charge on any atom is 0.326 e. The van der Waals surface area contributed by atoms with Crippen LogP contribution >= 0.6 is 0 Å². The molecule has 8 nitrogen and oxygen atoms in total. The van der Waals surface area contributed by atoms with Crippen LogP contribution in [0.2, 0.25) is 0 Å². The van der Waals surface area contributed by atoms with Crippen LogP contribution in [0.4, 0.5) is 0 Å². The predicted octanol–water partition coefficient (Wildman–Crippen LogP) is -0.0565. The molecule has 2 rings (SSSR count). The molecule has 0 aromatic heterocycles. The highest BCUT2D eigenvalue weighted by Gasteiger charge is 2.52. The average molecular weight is 311 g/mol. The highest BCUT2D eigenvalue weighted by molar-refractivity contribution is 5.90. The van der Waals surface area contributed by atoms with Gasteiger partial charge in [-0.2, -0.15) is 0 Å². The summed E-state index contributed by atoms with van der Waals surface area (Å²) in [6.07, 6.45) is 3.51. The monoisotopic (exact) mass is 311 g/mol. The summed E-state index contributed by atoms with van der Waals surface area (Å²) >= 11 is 0. The summed E-state index contributed by atoms with van der Waals surface area (Å²) in [6.45, 7) is 0. The summed E-state index contributed by atoms with van der Waals surface area (Å²) in [5.74, 6) is -6.29. The molecular formula is C14H17NO7. The lowest BCUT2D eigenvalue weighted by atomic mass is 9.82. The number of rotatable bonds is 7. The number of aliphatic carboxylic acids is 3. The van der Waals surface area contributed by atoms with Gasteiger partial charge in [-0.05, 0) is 24.7 Å². The second-order valence-electron chi connectivity index (χ2n) is 5.67. The Morgan fingerprint density at radius 3 is 2.14 bits per heavy atom. The minimum atomic E-state index is -1.33. The van der Waals surface area contributed by atoms with Gasteiger partial charge in [0.2, 0.25) is 5.91 Å². The van der Waals surface area contributed by atoms with Crippen molar-refractivity contribution in [2.24, 2.45) is 23.7 Å². The third-order valence-corrected chi connectivity index (χ3v) is 4.31. The third kappa shape index (κ3) is 3.10. The summed E-state index contributed by atoms with van der Waals surface area (Å²) in [4.78, 5) is 45.2. The number of amides is 1. The highest BCUT2D eigenvalue weighted by atomic mass is 16.4. The Kier molecular flexibility index (Phi) is 4.48. The Balaban J connectivity index is 2.06. The molecular weight excluding hydrogens is 294 g/mol. The largest absolute Gasteiger partial charge is 0.481 e. The molecule has 0 aromatic carbocycles. The van der Waals surface area contributed by atoms with Gasteiger partial charge in [-0.15, -0.1) is 0 Å². The zero-order valence-corrected chi connectivity index (χ0v) is 11.6. The first-order valence-electron chi connectivity index (χ1n) is 6.97. The van der Waals surface area contributed by atoms with Gasteiger partial charge in [-0.25, -0.2) is 4.79 Å². The lowest BCUT2D eigenvalue weighted by molar-refractivity contribution is -0.149. The van der Waals surface area contributed by atoms with E-state index in [0.29, 0.717) is 6.42 Å². The number of carboxylic acid groups (broad SMARTS) is 3. The van der Waals surface area contributed by atoms with Crippen molar-refractivity contribution in [3.63, 3.8) is 0 Å². The van der Waals surface area contributed by atoms with Crippen molar-refractivity contribution in [1.82, 2.24) is 5.32 Å². The normalized spacial score (nSPS) is 30.0. The first kappa shape index (κ1) is 16.0. The molecule has 2 aliphatic carbocycles. The lowest BCUT2D eigenvalue weighted by Crippen LogP contribution is -2.47. The Bertz CT molecular complexity index is 541. The molecule has 1 fully saturated rings. The quantitative estimate of drug-likeness (QED) is 0.483. The summed E-state index contributed by atoms with van der Waals surface area (Å²) < 4.78 is 0. The number of carboxylic acids is 3. The highest BCUT2D eigenvalue weighted by Crippen LogP contribution is 2.48. The SMILES string of the molecule is O=C(O)CC[C@H](NC(=O)[C@@H]1[C@H](C(=O)O)[C@H]2C=C[C@H]1C2)C(=O)O. The average Bonchev–Trinajstić information content (AvgIpc) is 3.02. The fourth-order valence-corrected chi connectivity index (χ4v) is 3.31. The Morgan fingerprint density at radius 2 is 1.64 bits per heavy atom. The van der Waals surface area contributed by atoms with Gasteiger partial charge in [-0.3, -0.25) is 14.4 Å². The molecule has 0 spiro atoms. The second kappa shape index (κ2) is 6.17. The Morgan fingerprint density at radius 1 is 1.05 bits per heavy atom. The van der Waals surface area contributed by atoms with Crippen molar-refractivity contribution in [2.75, 3.05) is 0 Å². The van der Waals surface area contributed by atoms with Crippen molar-refractivity contribution in [3.05, 3.63) is 12.2 Å². The number of carbonyl (C=O) groups excluding carboxylic acids is 1. The van der Waals surface area contributed by atoms with Gasteiger partial charge in [0.1, 0.15) is 6.04 Å². The van der Waals surface area contributed by atoms with Crippen molar-refractivity contribution < 1.29 is 34.5 Å². The molecule has 0 heterocycles. The van der Waals surface area contributed by atoms with E-state index in [9.17, 15) is 24.3 Å². The van der Waals surface area contributed by atoms with Crippen molar-refractivity contribution in [1.29, 1.82) is 0 Å². The molecule has 0 radical (unpaired) electrons. The molecule has 1 amide bonds. The first-order valence-corrected chi connectivity index (χ1v) is 6.97. The molecule has 120 valence electrons. The van der Waals surface area contributed by atoms with Gasteiger partial charge in [0.25, 0.3) is 0 Å². The number of nitrogens with one attached hydrogen (secondary N) is 1. The minimum Gasteiger partial charge on any atom is -0.481 e. The van der Waals surface area contributed by atoms with Crippen molar-refractivity contribution in [2.45, 2.75) is 25.3 Å². The zero-order valence-electron chi connectivity index (χ0n) is 11.6. The van der Waals surface area contributed by atoms with Crippen molar-refractivity contribution >= 4 is 23.8 Å². The van der Waals surface area contributed by atoms with E-state index in [0.717, 1.165) is 0 Å². The van der Waals surface area contributed by atoms with E-state index < -0.39 is 48.1 Å². The molecule has 0 aliphatic heterocycles. The standard InChI is InChI=1S/C14H17NO7/c16-9(17)4-3-8(13(19)20)15-12(18)10-6-1-2-7(5-6)11(10)14(21)22/h1-2,6-8,10-11H,3-5H2,(H,15,18)(H,16,17)(H,19,20)(H,21,22)/t6-,7-,8-,10-,11+/m0/s1. The number of carbonyl (C=O) groups is 4. The maximum absolute atomic E-state index is 12.3. The molecule has 5 atom stereocenters. The number of hydrogen-bond acceptors (Lipinski definition) is 4. The molecule has 22 heavy (non-hydrogen) atoms. The van der Waals surface area contributed by atoms with Gasteiger partial charge < -0.3 is 20.6 Å². The molecule has 1 saturated carbocycles. The molecule has 2 aliphatic rings. The summed E-state index contributed by atoms with van der Waals surface area (Å²) in [5.41, 5.74) is 0. The molecule has 0 unspecified atom stereocenters. The molecule has 4 N–H and O–H groups in total. The van der Waals surface area contributed by atoms with Crippen LogP contribution in [0.5, 0.6) is 0 Å². The van der Waals surface area contributed by atoms with Gasteiger partial charge in [-0.1, -0.05) is 12.2 Å². The van der Waals surface area contributed by atoms with Crippen LogP contribution in [0.3, 0.4) is 0 Å². The van der Waals surface area contributed by atoms with E-state index in [1.54, 1.807) is 12.2 Å². The zero-order chi connectivity index (χ0) is 16.4. The van der Waals surface area contributed by atoms with E-state index in [-0.39, 0.29) is 18.3 Å². The number of allylic oxidation sites excluding steroid dienone is 2. The maximum atomic E-state index is 12.3. The lowest BCUT2D eigenvalue weighted by Gasteiger charge is -2.25. The van der Waals surface area contributed by atoms with Crippen LogP contribution in [-0.2, 0) is 19.2 Å². The third-order valence-electron chi connectivity index (χ3n) is 4.31. The van der Waals surface area contributed by atoms with Crippen LogP contribution in [0, 0.1) is 23.7 Å². The summed E-state index contributed by atoms with van der Waals surface area (Å²) in [5, 5.41) is 29.2. The molecule has 0 aromatic rings. The van der Waals surface area contributed by atoms with Crippen LogP contribution in [0.15, 0.2) is 12.2 Å².